The van der Waals surface area contributed by atoms with E-state index in [0.717, 1.165) is 5.57 Å². The number of primary amides is 1. The van der Waals surface area contributed by atoms with Gasteiger partial charge in [0.15, 0.2) is 5.96 Å². The number of hydrogen-bond acceptors (Lipinski definition) is 3. The molecule has 0 bridgehead atoms. The molecule has 1 amide bonds. The van der Waals surface area contributed by atoms with Crippen molar-refractivity contribution in [2.75, 3.05) is 6.54 Å². The lowest BCUT2D eigenvalue weighted by Gasteiger charge is -2.03. The van der Waals surface area contributed by atoms with Gasteiger partial charge in [0.1, 0.15) is 18.6 Å². The number of carbonyl (C=O) groups excluding carboxylic acids is 1. The van der Waals surface area contributed by atoms with E-state index in [4.69, 9.17) is 15.9 Å². The van der Waals surface area contributed by atoms with E-state index in [9.17, 15) is 4.79 Å². The number of aliphatic imine (C=N–C) groups is 1. The van der Waals surface area contributed by atoms with Gasteiger partial charge in [-0.25, -0.2) is 4.99 Å². The van der Waals surface area contributed by atoms with Crippen molar-refractivity contribution >= 4 is 11.9 Å². The van der Waals surface area contributed by atoms with Crippen molar-refractivity contribution in [3.8, 4) is 0 Å². The molecule has 0 aliphatic rings. The summed E-state index contributed by atoms with van der Waals surface area (Å²) >= 11 is 0. The molecule has 0 aliphatic heterocycles. The summed E-state index contributed by atoms with van der Waals surface area (Å²) in [5.41, 5.74) is 12.0. The van der Waals surface area contributed by atoms with E-state index >= 15 is 0 Å². The third-order valence-corrected chi connectivity index (χ3v) is 1.91. The van der Waals surface area contributed by atoms with E-state index in [-0.39, 0.29) is 6.54 Å². The lowest BCUT2D eigenvalue weighted by atomic mass is 10.3. The summed E-state index contributed by atoms with van der Waals surface area (Å²) in [6, 6.07) is 1.54. The van der Waals surface area contributed by atoms with Crippen LogP contribution in [0.3, 0.4) is 0 Å². The van der Waals surface area contributed by atoms with Gasteiger partial charge >= 0.3 is 0 Å². The quantitative estimate of drug-likeness (QED) is 0.389. The molecule has 5 N–H and O–H groups in total. The van der Waals surface area contributed by atoms with Gasteiger partial charge in [-0.05, 0) is 13.0 Å². The molecule has 0 atom stereocenters. The molecule has 6 nitrogen and oxygen atoms in total. The summed E-state index contributed by atoms with van der Waals surface area (Å²) < 4.78 is 5.09. The molecule has 1 heterocycles. The molecule has 17 heavy (non-hydrogen) atoms. The average Bonchev–Trinajstić information content (AvgIpc) is 2.72. The smallest absolute Gasteiger partial charge is 0.251 e. The van der Waals surface area contributed by atoms with Gasteiger partial charge in [0.25, 0.3) is 5.91 Å². The Balaban J connectivity index is 2.50. The van der Waals surface area contributed by atoms with Crippen molar-refractivity contribution in [1.82, 2.24) is 5.32 Å². The van der Waals surface area contributed by atoms with Crippen molar-refractivity contribution in [2.24, 2.45) is 16.5 Å². The van der Waals surface area contributed by atoms with Crippen molar-refractivity contribution in [3.05, 3.63) is 35.8 Å². The van der Waals surface area contributed by atoms with E-state index in [0.29, 0.717) is 23.8 Å². The topological polar surface area (TPSA) is 107 Å². The molecule has 0 aliphatic carbocycles. The second kappa shape index (κ2) is 5.74. The number of carbonyl (C=O) groups is 1. The van der Waals surface area contributed by atoms with E-state index in [2.05, 4.69) is 16.9 Å². The SMILES string of the molecule is C=C(C)CNC(N)=NCc1cc(C(N)=O)co1. The van der Waals surface area contributed by atoms with Crippen LogP contribution in [0.4, 0.5) is 0 Å². The predicted octanol–water partition coefficient (Wildman–Crippen LogP) is 0.359. The van der Waals surface area contributed by atoms with Crippen LogP contribution >= 0.6 is 0 Å². The summed E-state index contributed by atoms with van der Waals surface area (Å²) in [6.45, 7) is 6.43. The summed E-state index contributed by atoms with van der Waals surface area (Å²) in [6.07, 6.45) is 1.30. The first-order valence-electron chi connectivity index (χ1n) is 5.04. The number of guanidine groups is 1. The second-order valence-electron chi connectivity index (χ2n) is 3.68. The summed E-state index contributed by atoms with van der Waals surface area (Å²) in [7, 11) is 0. The highest BCUT2D eigenvalue weighted by Gasteiger charge is 2.05. The van der Waals surface area contributed by atoms with Crippen LogP contribution in [-0.2, 0) is 6.54 Å². The molecule has 1 aromatic rings. The Morgan fingerprint density at radius 3 is 2.82 bits per heavy atom. The van der Waals surface area contributed by atoms with Crippen molar-refractivity contribution < 1.29 is 9.21 Å². The molecular weight excluding hydrogens is 220 g/mol. The fourth-order valence-corrected chi connectivity index (χ4v) is 1.05. The maximum Gasteiger partial charge on any atom is 0.251 e. The van der Waals surface area contributed by atoms with Crippen LogP contribution in [0.1, 0.15) is 23.0 Å². The molecule has 0 aromatic carbocycles. The molecule has 1 rings (SSSR count). The summed E-state index contributed by atoms with van der Waals surface area (Å²) in [5, 5.41) is 2.88. The zero-order chi connectivity index (χ0) is 12.8. The van der Waals surface area contributed by atoms with Crippen LogP contribution in [0.15, 0.2) is 33.9 Å². The first-order valence-corrected chi connectivity index (χ1v) is 5.04. The van der Waals surface area contributed by atoms with Crippen molar-refractivity contribution in [3.63, 3.8) is 0 Å². The number of nitrogens with zero attached hydrogens (tertiary/aromatic N) is 1. The Hall–Kier alpha value is -2.24. The van der Waals surface area contributed by atoms with Gasteiger partial charge in [0.05, 0.1) is 5.56 Å². The summed E-state index contributed by atoms with van der Waals surface area (Å²) in [4.78, 5) is 14.8. The van der Waals surface area contributed by atoms with Crippen LogP contribution in [0.25, 0.3) is 0 Å². The van der Waals surface area contributed by atoms with Gasteiger partial charge in [0, 0.05) is 6.54 Å². The number of rotatable bonds is 5. The molecule has 0 radical (unpaired) electrons. The lowest BCUT2D eigenvalue weighted by molar-refractivity contribution is 0.0999. The Morgan fingerprint density at radius 1 is 1.59 bits per heavy atom. The summed E-state index contributed by atoms with van der Waals surface area (Å²) in [5.74, 6) is 0.293. The molecule has 0 unspecified atom stereocenters. The van der Waals surface area contributed by atoms with E-state index < -0.39 is 5.91 Å². The molecule has 0 saturated carbocycles. The molecule has 1 aromatic heterocycles. The highest BCUT2D eigenvalue weighted by Crippen LogP contribution is 2.07. The first kappa shape index (κ1) is 12.8. The zero-order valence-corrected chi connectivity index (χ0v) is 9.69. The van der Waals surface area contributed by atoms with Crippen LogP contribution in [0, 0.1) is 0 Å². The minimum absolute atomic E-state index is 0.252. The third-order valence-electron chi connectivity index (χ3n) is 1.91. The molecule has 92 valence electrons. The predicted molar refractivity (Wildman–Crippen MR) is 65.4 cm³/mol. The monoisotopic (exact) mass is 236 g/mol. The number of hydrogen-bond donors (Lipinski definition) is 3. The molecule has 0 saturated heterocycles. The Bertz CT molecular complexity index is 448. The van der Waals surface area contributed by atoms with E-state index in [1.807, 2.05) is 6.92 Å². The van der Waals surface area contributed by atoms with E-state index in [1.165, 1.54) is 12.3 Å². The normalized spacial score (nSPS) is 11.2. The average molecular weight is 236 g/mol. The molecular formula is C11H16N4O2. The highest BCUT2D eigenvalue weighted by molar-refractivity contribution is 5.92. The highest BCUT2D eigenvalue weighted by atomic mass is 16.3. The lowest BCUT2D eigenvalue weighted by Crippen LogP contribution is -2.32. The van der Waals surface area contributed by atoms with Crippen LogP contribution in [0.2, 0.25) is 0 Å². The number of amides is 1. The van der Waals surface area contributed by atoms with Crippen molar-refractivity contribution in [1.29, 1.82) is 0 Å². The van der Waals surface area contributed by atoms with Gasteiger partial charge < -0.3 is 21.2 Å². The Morgan fingerprint density at radius 2 is 2.29 bits per heavy atom. The molecule has 0 fully saturated rings. The zero-order valence-electron chi connectivity index (χ0n) is 9.69. The Kier molecular flexibility index (Phi) is 4.33. The largest absolute Gasteiger partial charge is 0.467 e. The van der Waals surface area contributed by atoms with Gasteiger partial charge in [-0.3, -0.25) is 4.79 Å². The maximum absolute atomic E-state index is 10.8. The number of nitrogens with one attached hydrogen (secondary N) is 1. The van der Waals surface area contributed by atoms with Gasteiger partial charge in [-0.2, -0.15) is 0 Å². The Labute approximate surface area is 99.4 Å². The van der Waals surface area contributed by atoms with Gasteiger partial charge in [0.2, 0.25) is 0 Å². The van der Waals surface area contributed by atoms with Crippen LogP contribution in [0.5, 0.6) is 0 Å². The number of furan rings is 1. The maximum atomic E-state index is 10.8. The van der Waals surface area contributed by atoms with Crippen molar-refractivity contribution in [2.45, 2.75) is 13.5 Å². The van der Waals surface area contributed by atoms with Gasteiger partial charge in [-0.1, -0.05) is 12.2 Å². The first-order chi connectivity index (χ1) is 7.99. The number of nitrogens with two attached hydrogens (primary N) is 2. The fourth-order valence-electron chi connectivity index (χ4n) is 1.05. The third kappa shape index (κ3) is 4.42. The molecule has 6 heteroatoms. The minimum atomic E-state index is -0.530. The standard InChI is InChI=1S/C11H16N4O2/c1-7(2)4-14-11(13)15-5-9-3-8(6-17-9)10(12)16/h3,6H,1,4-5H2,2H3,(H2,12,16)(H3,13,14,15). The minimum Gasteiger partial charge on any atom is -0.467 e. The second-order valence-corrected chi connectivity index (χ2v) is 3.68. The van der Waals surface area contributed by atoms with Crippen LogP contribution < -0.4 is 16.8 Å². The van der Waals surface area contributed by atoms with E-state index in [1.54, 1.807) is 0 Å². The van der Waals surface area contributed by atoms with Gasteiger partial charge in [-0.15, -0.1) is 0 Å². The molecule has 0 spiro atoms. The van der Waals surface area contributed by atoms with Crippen LogP contribution in [-0.4, -0.2) is 18.4 Å². The fraction of sp³-hybridized carbons (Fsp3) is 0.273.